The molecule has 0 aromatic heterocycles. The highest BCUT2D eigenvalue weighted by Crippen LogP contribution is 2.57. The molecule has 57 heavy (non-hydrogen) atoms. The molecule has 0 aliphatic heterocycles. The van der Waals surface area contributed by atoms with Crippen LogP contribution in [0.2, 0.25) is 0 Å². The molecular formula is C43H58N2O12. The Morgan fingerprint density at radius 2 is 1.61 bits per heavy atom. The second kappa shape index (κ2) is 18.7. The van der Waals surface area contributed by atoms with Crippen molar-refractivity contribution >= 4 is 29.0 Å². The van der Waals surface area contributed by atoms with Gasteiger partial charge in [-0.2, -0.15) is 0 Å². The van der Waals surface area contributed by atoms with Crippen molar-refractivity contribution in [3.05, 3.63) is 70.0 Å². The molecule has 2 aromatic rings. The molecule has 0 heterocycles. The lowest BCUT2D eigenvalue weighted by atomic mass is 9.54. The summed E-state index contributed by atoms with van der Waals surface area (Å²) in [7, 11) is 4.51. The van der Waals surface area contributed by atoms with E-state index in [1.54, 1.807) is 18.2 Å². The number of aliphatic hydroxyl groups excluding tert-OH is 3. The smallest absolute Gasteiger partial charge is 0.255 e. The largest absolute Gasteiger partial charge is 0.508 e. The van der Waals surface area contributed by atoms with Gasteiger partial charge in [-0.25, -0.2) is 0 Å². The number of methoxy groups -OCH3 is 1. The number of hydrogen-bond donors (Lipinski definition) is 8. The number of nitrogens with zero attached hydrogens (tertiary/aromatic N) is 1. The Kier molecular flexibility index (Phi) is 14.7. The van der Waals surface area contributed by atoms with E-state index < -0.39 is 81.1 Å². The number of ketones is 3. The van der Waals surface area contributed by atoms with Crippen LogP contribution in [0.5, 0.6) is 17.2 Å². The monoisotopic (exact) mass is 794 g/mol. The topological polar surface area (TPSA) is 248 Å². The van der Waals surface area contributed by atoms with Gasteiger partial charge in [-0.15, -0.1) is 0 Å². The Labute approximate surface area is 333 Å². The number of phenols is 2. The van der Waals surface area contributed by atoms with Crippen molar-refractivity contribution in [3.8, 4) is 17.2 Å². The Morgan fingerprint density at radius 1 is 0.965 bits per heavy atom. The third-order valence-electron chi connectivity index (χ3n) is 11.6. The molecule has 14 heteroatoms. The zero-order valence-electron chi connectivity index (χ0n) is 33.5. The summed E-state index contributed by atoms with van der Waals surface area (Å²) in [6, 6.07) is 8.13. The number of fused-ring (bicyclic) bond motifs is 3. The first-order valence-corrected chi connectivity index (χ1v) is 19.6. The van der Waals surface area contributed by atoms with Crippen molar-refractivity contribution in [1.82, 2.24) is 4.90 Å². The third-order valence-corrected chi connectivity index (χ3v) is 11.6. The zero-order valence-corrected chi connectivity index (χ0v) is 33.5. The number of primary amides is 1. The molecule has 0 radical (unpaired) electrons. The number of carbonyl (C=O) groups excluding carboxylic acids is 4. The van der Waals surface area contributed by atoms with E-state index in [1.807, 2.05) is 0 Å². The first-order chi connectivity index (χ1) is 26.8. The van der Waals surface area contributed by atoms with E-state index in [-0.39, 0.29) is 35.5 Å². The average Bonchev–Trinajstić information content (AvgIpc) is 3.14. The number of likely N-dealkylation sites (N-methyl/N-ethyl adjacent to an activating group) is 1. The number of aliphatic hydroxyl groups is 5. The van der Waals surface area contributed by atoms with Gasteiger partial charge in [0.05, 0.1) is 30.4 Å². The van der Waals surface area contributed by atoms with Gasteiger partial charge >= 0.3 is 0 Å². The molecule has 312 valence electrons. The summed E-state index contributed by atoms with van der Waals surface area (Å²) in [5, 5.41) is 74.5. The fraction of sp³-hybridized carbons (Fsp3) is 0.535. The van der Waals surface area contributed by atoms with Gasteiger partial charge in [-0.05, 0) is 69.6 Å². The van der Waals surface area contributed by atoms with Crippen molar-refractivity contribution in [2.45, 2.75) is 114 Å². The number of rotatable bonds is 16. The Morgan fingerprint density at radius 3 is 2.23 bits per heavy atom. The molecule has 2 aromatic carbocycles. The number of aromatic hydroxyl groups is 2. The SMILES string of the molecule is CCCCCCCCC[C@H](O)CC(=O)CCc1ccc(O)c(OC)c1.CN(C)[C@@H]1C(=O)C(C(N)=O)=C(O)[C@@]2(O)C(=O)C3=C(O)c4c(O)cccc4[C@@](C)(O)[C@H]3C[C@@H]12. The molecule has 0 bridgehead atoms. The molecule has 6 atom stereocenters. The first kappa shape index (κ1) is 44.9. The third kappa shape index (κ3) is 9.19. The normalized spacial score (nSPS) is 24.6. The van der Waals surface area contributed by atoms with Gasteiger partial charge in [0, 0.05) is 30.3 Å². The maximum absolute atomic E-state index is 13.7. The van der Waals surface area contributed by atoms with Crippen LogP contribution in [0.1, 0.15) is 101 Å². The van der Waals surface area contributed by atoms with Crippen LogP contribution in [-0.4, -0.2) is 103 Å². The van der Waals surface area contributed by atoms with Crippen LogP contribution in [0.4, 0.5) is 0 Å². The number of phenolic OH excluding ortho intramolecular Hbond substituents is 2. The Bertz CT molecular complexity index is 1900. The highest BCUT2D eigenvalue weighted by atomic mass is 16.5. The van der Waals surface area contributed by atoms with Crippen molar-refractivity contribution < 1.29 is 59.7 Å². The fourth-order valence-corrected chi connectivity index (χ4v) is 8.47. The van der Waals surface area contributed by atoms with E-state index in [0.29, 0.717) is 25.0 Å². The summed E-state index contributed by atoms with van der Waals surface area (Å²) in [5.74, 6) is -7.29. The van der Waals surface area contributed by atoms with Gasteiger partial charge < -0.3 is 46.2 Å². The fourth-order valence-electron chi connectivity index (χ4n) is 8.47. The quantitative estimate of drug-likeness (QED) is 0.0867. The van der Waals surface area contributed by atoms with Gasteiger partial charge in [0.15, 0.2) is 22.9 Å². The van der Waals surface area contributed by atoms with Gasteiger partial charge in [-0.1, -0.05) is 70.1 Å². The minimum absolute atomic E-state index is 0.0856. The molecule has 14 nitrogen and oxygen atoms in total. The molecule has 5 rings (SSSR count). The van der Waals surface area contributed by atoms with E-state index in [1.165, 1.54) is 83.3 Å². The average molecular weight is 795 g/mol. The second-order valence-corrected chi connectivity index (χ2v) is 15.8. The van der Waals surface area contributed by atoms with Crippen LogP contribution in [0.15, 0.2) is 53.3 Å². The molecule has 3 aliphatic rings. The van der Waals surface area contributed by atoms with E-state index in [9.17, 15) is 54.9 Å². The highest BCUT2D eigenvalue weighted by molar-refractivity contribution is 6.24. The standard InChI is InChI=1S/C22H24N2O8.C21H34O4/c1-21(31)8-5-4-6-11(25)12(8)16(26)13-9(21)7-10-15(24(2)3)17(27)14(20(23)30)19(29)22(10,32)18(13)28;1-3-4-5-6-7-8-9-10-18(22)16-19(23)13-11-17-12-14-20(24)21(15-17)25-2/h4-6,9-10,15,25-26,29,31-32H,7H2,1-3H3,(H2,23,30);12,14-15,18,22,24H,3-11,13,16H2,1-2H3/t9-,10-,15-,21+,22-;18-/m00/s1. The van der Waals surface area contributed by atoms with Gasteiger partial charge in [0.1, 0.15) is 28.6 Å². The van der Waals surface area contributed by atoms with E-state index in [2.05, 4.69) is 6.92 Å². The maximum atomic E-state index is 13.7. The van der Waals surface area contributed by atoms with Gasteiger partial charge in [-0.3, -0.25) is 24.1 Å². The van der Waals surface area contributed by atoms with Crippen LogP contribution in [0, 0.1) is 11.8 Å². The Balaban J connectivity index is 0.000000262. The van der Waals surface area contributed by atoms with E-state index >= 15 is 0 Å². The summed E-state index contributed by atoms with van der Waals surface area (Å²) in [5.41, 5.74) is 0.401. The lowest BCUT2D eigenvalue weighted by Crippen LogP contribution is -2.67. The summed E-state index contributed by atoms with van der Waals surface area (Å²) in [4.78, 5) is 52.0. The number of carbonyl (C=O) groups is 4. The minimum atomic E-state index is -2.75. The lowest BCUT2D eigenvalue weighted by Gasteiger charge is -2.53. The number of hydrogen-bond acceptors (Lipinski definition) is 13. The number of nitrogens with two attached hydrogens (primary N) is 1. The molecule has 0 spiro atoms. The summed E-state index contributed by atoms with van der Waals surface area (Å²) >= 11 is 0. The zero-order chi connectivity index (χ0) is 42.4. The van der Waals surface area contributed by atoms with Gasteiger partial charge in [0.25, 0.3) is 5.91 Å². The number of ether oxygens (including phenoxy) is 1. The lowest BCUT2D eigenvalue weighted by molar-refractivity contribution is -0.159. The van der Waals surface area contributed by atoms with Crippen molar-refractivity contribution in [1.29, 1.82) is 0 Å². The summed E-state index contributed by atoms with van der Waals surface area (Å²) in [6.45, 7) is 3.62. The first-order valence-electron chi connectivity index (χ1n) is 19.6. The number of Topliss-reactive ketones (excluding diaryl/α,β-unsaturated/α-hetero) is 3. The molecule has 0 saturated heterocycles. The molecular weight excluding hydrogens is 736 g/mol. The predicted octanol–water partition coefficient (Wildman–Crippen LogP) is 4.42. The number of benzene rings is 2. The number of unbranched alkanes of at least 4 members (excludes halogenated alkanes) is 6. The Hall–Kier alpha value is -4.76. The maximum Gasteiger partial charge on any atom is 0.255 e. The highest BCUT2D eigenvalue weighted by Gasteiger charge is 2.66. The summed E-state index contributed by atoms with van der Waals surface area (Å²) in [6.07, 6.45) is 9.76. The molecule has 1 amide bonds. The van der Waals surface area contributed by atoms with Crippen molar-refractivity contribution in [2.75, 3.05) is 21.2 Å². The van der Waals surface area contributed by atoms with Crippen molar-refractivity contribution in [3.63, 3.8) is 0 Å². The predicted molar refractivity (Wildman–Crippen MR) is 211 cm³/mol. The number of aryl methyl sites for hydroxylation is 1. The van der Waals surface area contributed by atoms with Crippen LogP contribution in [0.25, 0.3) is 5.76 Å². The second-order valence-electron chi connectivity index (χ2n) is 15.8. The van der Waals surface area contributed by atoms with Crippen LogP contribution in [-0.2, 0) is 31.2 Å². The molecule has 9 N–H and O–H groups in total. The van der Waals surface area contributed by atoms with Crippen LogP contribution >= 0.6 is 0 Å². The minimum Gasteiger partial charge on any atom is -0.508 e. The van der Waals surface area contributed by atoms with E-state index in [0.717, 1.165) is 18.4 Å². The molecule has 3 aliphatic carbocycles. The van der Waals surface area contributed by atoms with Crippen LogP contribution in [0.3, 0.4) is 0 Å². The number of amides is 1. The molecule has 1 saturated carbocycles. The molecule has 1 fully saturated rings. The summed E-state index contributed by atoms with van der Waals surface area (Å²) < 4.78 is 5.07. The molecule has 0 unspecified atom stereocenters. The van der Waals surface area contributed by atoms with Crippen molar-refractivity contribution in [2.24, 2.45) is 17.6 Å². The van der Waals surface area contributed by atoms with Crippen LogP contribution < -0.4 is 10.5 Å². The van der Waals surface area contributed by atoms with Gasteiger partial charge in [0.2, 0.25) is 5.78 Å². The van der Waals surface area contributed by atoms with E-state index in [4.69, 9.17) is 10.5 Å².